The first-order chi connectivity index (χ1) is 9.98. The maximum Gasteiger partial charge on any atom is 0.237 e. The van der Waals surface area contributed by atoms with Gasteiger partial charge in [-0.3, -0.25) is 4.79 Å². The summed E-state index contributed by atoms with van der Waals surface area (Å²) in [5.74, 6) is 1.82. The van der Waals surface area contributed by atoms with Gasteiger partial charge >= 0.3 is 0 Å². The Hall–Kier alpha value is -0.710. The molecule has 1 unspecified atom stereocenters. The van der Waals surface area contributed by atoms with Gasteiger partial charge < -0.3 is 11.1 Å². The summed E-state index contributed by atoms with van der Waals surface area (Å²) in [5, 5.41) is 3.96. The van der Waals surface area contributed by atoms with Crippen molar-refractivity contribution in [2.24, 2.45) is 5.73 Å². The minimum Gasteiger partial charge on any atom is -0.368 e. The van der Waals surface area contributed by atoms with E-state index in [-0.39, 0.29) is 5.91 Å². The van der Waals surface area contributed by atoms with Crippen LogP contribution in [-0.2, 0) is 10.5 Å². The normalized spacial score (nSPS) is 13.9. The highest BCUT2D eigenvalue weighted by molar-refractivity contribution is 7.98. The number of halogens is 1. The molecule has 0 saturated carbocycles. The van der Waals surface area contributed by atoms with Crippen LogP contribution in [0, 0.1) is 0 Å². The van der Waals surface area contributed by atoms with Crippen molar-refractivity contribution in [1.29, 1.82) is 0 Å². The van der Waals surface area contributed by atoms with Crippen LogP contribution in [0.25, 0.3) is 0 Å². The molecule has 1 rings (SSSR count). The number of hydrogen-bond acceptors (Lipinski definition) is 3. The third kappa shape index (κ3) is 6.72. The second-order valence-electron chi connectivity index (χ2n) is 5.36. The van der Waals surface area contributed by atoms with Crippen LogP contribution in [-0.4, -0.2) is 23.7 Å². The highest BCUT2D eigenvalue weighted by Gasteiger charge is 2.28. The number of nitrogens with two attached hydrogens (primary N) is 1. The molecular formula is C16H25ClN2OS. The van der Waals surface area contributed by atoms with E-state index in [0.717, 1.165) is 42.3 Å². The minimum atomic E-state index is -0.574. The highest BCUT2D eigenvalue weighted by Crippen LogP contribution is 2.19. The topological polar surface area (TPSA) is 55.1 Å². The zero-order chi connectivity index (χ0) is 15.7. The van der Waals surface area contributed by atoms with Gasteiger partial charge in [0.15, 0.2) is 0 Å². The summed E-state index contributed by atoms with van der Waals surface area (Å²) < 4.78 is 0. The fourth-order valence-corrected chi connectivity index (χ4v) is 3.25. The van der Waals surface area contributed by atoms with Gasteiger partial charge in [0, 0.05) is 10.8 Å². The first-order valence-electron chi connectivity index (χ1n) is 7.35. The SMILES string of the molecule is CCNC(C)(CCCCSCc1ccc(Cl)cc1)C(N)=O. The summed E-state index contributed by atoms with van der Waals surface area (Å²) in [7, 11) is 0. The molecule has 0 aliphatic rings. The summed E-state index contributed by atoms with van der Waals surface area (Å²) in [6.45, 7) is 4.63. The lowest BCUT2D eigenvalue weighted by atomic mass is 9.94. The molecule has 3 N–H and O–H groups in total. The van der Waals surface area contributed by atoms with Gasteiger partial charge in [-0.05, 0) is 49.8 Å². The lowest BCUT2D eigenvalue weighted by Crippen LogP contribution is -2.52. The molecule has 0 aliphatic heterocycles. The summed E-state index contributed by atoms with van der Waals surface area (Å²) in [6, 6.07) is 7.97. The number of unbranched alkanes of at least 4 members (excludes halogenated alkanes) is 1. The Morgan fingerprint density at radius 3 is 2.57 bits per heavy atom. The molecule has 0 aromatic heterocycles. The number of carbonyl (C=O) groups is 1. The lowest BCUT2D eigenvalue weighted by molar-refractivity contribution is -0.124. The van der Waals surface area contributed by atoms with E-state index in [2.05, 4.69) is 17.4 Å². The highest BCUT2D eigenvalue weighted by atomic mass is 35.5. The maximum atomic E-state index is 11.5. The molecule has 0 heterocycles. The zero-order valence-electron chi connectivity index (χ0n) is 12.8. The molecule has 0 radical (unpaired) electrons. The van der Waals surface area contributed by atoms with Gasteiger partial charge in [-0.2, -0.15) is 11.8 Å². The molecule has 21 heavy (non-hydrogen) atoms. The van der Waals surface area contributed by atoms with Crippen molar-refractivity contribution >= 4 is 29.3 Å². The fourth-order valence-electron chi connectivity index (χ4n) is 2.14. The number of likely N-dealkylation sites (N-methyl/N-ethyl adjacent to an activating group) is 1. The Morgan fingerprint density at radius 1 is 1.33 bits per heavy atom. The van der Waals surface area contributed by atoms with Crippen molar-refractivity contribution in [3.05, 3.63) is 34.9 Å². The van der Waals surface area contributed by atoms with Crippen LogP contribution >= 0.6 is 23.4 Å². The van der Waals surface area contributed by atoms with E-state index in [0.29, 0.717) is 0 Å². The van der Waals surface area contributed by atoms with Crippen molar-refractivity contribution in [3.8, 4) is 0 Å². The molecule has 0 aliphatic carbocycles. The van der Waals surface area contributed by atoms with Crippen LogP contribution in [0.2, 0.25) is 5.02 Å². The molecule has 1 aromatic rings. The molecule has 0 bridgehead atoms. The molecule has 0 spiro atoms. The fraction of sp³-hybridized carbons (Fsp3) is 0.562. The third-order valence-corrected chi connectivity index (χ3v) is 4.87. The number of thioether (sulfide) groups is 1. The predicted octanol–water partition coefficient (Wildman–Crippen LogP) is 3.60. The first kappa shape index (κ1) is 18.3. The van der Waals surface area contributed by atoms with Crippen LogP contribution in [0.5, 0.6) is 0 Å². The quantitative estimate of drug-likeness (QED) is 0.645. The standard InChI is InChI=1S/C16H25ClN2OS/c1-3-19-16(2,15(18)20)10-4-5-11-21-12-13-6-8-14(17)9-7-13/h6-9,19H,3-5,10-12H2,1-2H3,(H2,18,20). The average Bonchev–Trinajstić information content (AvgIpc) is 2.44. The second kappa shape index (κ2) is 9.34. The Bertz CT molecular complexity index is 438. The van der Waals surface area contributed by atoms with E-state index in [1.54, 1.807) is 0 Å². The van der Waals surface area contributed by atoms with Gasteiger partial charge in [0.05, 0.1) is 5.54 Å². The first-order valence-corrected chi connectivity index (χ1v) is 8.88. The van der Waals surface area contributed by atoms with Crippen molar-refractivity contribution in [2.45, 2.75) is 44.4 Å². The summed E-state index contributed by atoms with van der Waals surface area (Å²) in [5.41, 5.74) is 6.19. The molecule has 1 aromatic carbocycles. The van der Waals surface area contributed by atoms with E-state index in [1.807, 2.05) is 37.7 Å². The zero-order valence-corrected chi connectivity index (χ0v) is 14.4. The van der Waals surface area contributed by atoms with Gasteiger partial charge in [0.1, 0.15) is 0 Å². The molecule has 1 amide bonds. The Kier molecular flexibility index (Phi) is 8.15. The van der Waals surface area contributed by atoms with Crippen LogP contribution < -0.4 is 11.1 Å². The van der Waals surface area contributed by atoms with Gasteiger partial charge in [0.25, 0.3) is 0 Å². The number of rotatable bonds is 10. The van der Waals surface area contributed by atoms with E-state index >= 15 is 0 Å². The van der Waals surface area contributed by atoms with E-state index in [9.17, 15) is 4.79 Å². The molecule has 1 atom stereocenters. The van der Waals surface area contributed by atoms with Crippen LogP contribution in [0.1, 0.15) is 38.7 Å². The number of nitrogens with one attached hydrogen (secondary N) is 1. The largest absolute Gasteiger partial charge is 0.368 e. The van der Waals surface area contributed by atoms with Crippen molar-refractivity contribution in [1.82, 2.24) is 5.32 Å². The van der Waals surface area contributed by atoms with Crippen LogP contribution in [0.3, 0.4) is 0 Å². The van der Waals surface area contributed by atoms with Gasteiger partial charge in [0.2, 0.25) is 5.91 Å². The minimum absolute atomic E-state index is 0.266. The third-order valence-electron chi connectivity index (χ3n) is 3.51. The number of carbonyl (C=O) groups excluding carboxylic acids is 1. The average molecular weight is 329 g/mol. The maximum absolute atomic E-state index is 11.5. The Labute approximate surface area is 137 Å². The Morgan fingerprint density at radius 2 is 2.00 bits per heavy atom. The number of benzene rings is 1. The predicted molar refractivity (Wildman–Crippen MR) is 92.7 cm³/mol. The molecule has 5 heteroatoms. The smallest absolute Gasteiger partial charge is 0.237 e. The number of amides is 1. The van der Waals surface area contributed by atoms with E-state index in [1.165, 1.54) is 5.56 Å². The van der Waals surface area contributed by atoms with Gasteiger partial charge in [-0.1, -0.05) is 37.1 Å². The van der Waals surface area contributed by atoms with Gasteiger partial charge in [-0.15, -0.1) is 0 Å². The van der Waals surface area contributed by atoms with E-state index in [4.69, 9.17) is 17.3 Å². The summed E-state index contributed by atoms with van der Waals surface area (Å²) in [4.78, 5) is 11.5. The molecule has 3 nitrogen and oxygen atoms in total. The van der Waals surface area contributed by atoms with E-state index < -0.39 is 5.54 Å². The monoisotopic (exact) mass is 328 g/mol. The van der Waals surface area contributed by atoms with Gasteiger partial charge in [-0.25, -0.2) is 0 Å². The van der Waals surface area contributed by atoms with Crippen LogP contribution in [0.15, 0.2) is 24.3 Å². The van der Waals surface area contributed by atoms with Crippen molar-refractivity contribution in [3.63, 3.8) is 0 Å². The molecule has 0 saturated heterocycles. The summed E-state index contributed by atoms with van der Waals surface area (Å²) in [6.07, 6.45) is 2.88. The second-order valence-corrected chi connectivity index (χ2v) is 6.90. The number of hydrogen-bond donors (Lipinski definition) is 2. The Balaban J connectivity index is 2.19. The summed E-state index contributed by atoms with van der Waals surface area (Å²) >= 11 is 7.76. The molecular weight excluding hydrogens is 304 g/mol. The van der Waals surface area contributed by atoms with Crippen LogP contribution in [0.4, 0.5) is 0 Å². The van der Waals surface area contributed by atoms with Crippen molar-refractivity contribution < 1.29 is 4.79 Å². The lowest BCUT2D eigenvalue weighted by Gasteiger charge is -2.26. The molecule has 0 fully saturated rings. The number of primary amides is 1. The van der Waals surface area contributed by atoms with Crippen molar-refractivity contribution in [2.75, 3.05) is 12.3 Å². The molecule has 118 valence electrons.